The first-order valence-corrected chi connectivity index (χ1v) is 18.2. The Morgan fingerprint density at radius 2 is 1.65 bits per heavy atom. The normalized spacial score (nSPS) is 18.1. The summed E-state index contributed by atoms with van der Waals surface area (Å²) in [6.07, 6.45) is 12.3. The van der Waals surface area contributed by atoms with Gasteiger partial charge in [0, 0.05) is 16.7 Å². The predicted molar refractivity (Wildman–Crippen MR) is 180 cm³/mol. The van der Waals surface area contributed by atoms with Gasteiger partial charge in [0.2, 0.25) is 0 Å². The molecule has 0 bridgehead atoms. The van der Waals surface area contributed by atoms with Gasteiger partial charge in [0.25, 0.3) is 8.32 Å². The van der Waals surface area contributed by atoms with Crippen LogP contribution in [0.3, 0.4) is 0 Å². The number of esters is 1. The van der Waals surface area contributed by atoms with Crippen molar-refractivity contribution in [2.75, 3.05) is 6.61 Å². The van der Waals surface area contributed by atoms with Crippen molar-refractivity contribution < 1.29 is 14.0 Å². The third-order valence-corrected chi connectivity index (χ3v) is 11.8. The Bertz CT molecular complexity index is 1670. The fourth-order valence-electron chi connectivity index (χ4n) is 6.39. The molecule has 3 nitrogen and oxygen atoms in total. The van der Waals surface area contributed by atoms with Gasteiger partial charge in [-0.1, -0.05) is 88.1 Å². The lowest BCUT2D eigenvalue weighted by atomic mass is 9.72. The lowest BCUT2D eigenvalue weighted by Crippen LogP contribution is -2.45. The Labute approximate surface area is 258 Å². The van der Waals surface area contributed by atoms with Gasteiger partial charge >= 0.3 is 5.97 Å². The van der Waals surface area contributed by atoms with Crippen LogP contribution in [0.5, 0.6) is 5.75 Å². The van der Waals surface area contributed by atoms with E-state index in [1.54, 1.807) is 19.1 Å². The van der Waals surface area contributed by atoms with Crippen molar-refractivity contribution in [3.05, 3.63) is 130 Å². The van der Waals surface area contributed by atoms with E-state index in [-0.39, 0.29) is 16.8 Å². The van der Waals surface area contributed by atoms with E-state index >= 15 is 0 Å². The summed E-state index contributed by atoms with van der Waals surface area (Å²) in [5, 5.41) is 0. The van der Waals surface area contributed by atoms with Crippen molar-refractivity contribution in [3.8, 4) is 17.6 Å². The van der Waals surface area contributed by atoms with Crippen LogP contribution in [-0.2, 0) is 10.2 Å². The molecule has 0 fully saturated rings. The van der Waals surface area contributed by atoms with Crippen molar-refractivity contribution in [3.63, 3.8) is 0 Å². The minimum atomic E-state index is -2.11. The average molecular weight is 587 g/mol. The SMILES string of the molecule is CCOC(=O)c1ccc(C#Cc2ccc3c(c2)C(c2cccc(O[Si](C)(C)C4C=CC=CC4(C)C)c2)=CCC3(C)C)cc1. The zero-order chi connectivity index (χ0) is 30.8. The largest absolute Gasteiger partial charge is 0.543 e. The van der Waals surface area contributed by atoms with Gasteiger partial charge in [-0.2, -0.15) is 0 Å². The number of hydrogen-bond donors (Lipinski definition) is 0. The van der Waals surface area contributed by atoms with Crippen LogP contribution in [0.4, 0.5) is 0 Å². The number of allylic oxidation sites excluding steroid dienone is 5. The number of carbonyl (C=O) groups is 1. The maximum Gasteiger partial charge on any atom is 0.338 e. The highest BCUT2D eigenvalue weighted by atomic mass is 28.4. The molecule has 43 heavy (non-hydrogen) atoms. The third kappa shape index (κ3) is 6.63. The van der Waals surface area contributed by atoms with Gasteiger partial charge in [-0.05, 0) is 108 Å². The second-order valence-corrected chi connectivity index (χ2v) is 17.3. The molecule has 0 spiro atoms. The van der Waals surface area contributed by atoms with Crippen molar-refractivity contribution in [2.45, 2.75) is 65.1 Å². The number of carbonyl (C=O) groups excluding carboxylic acids is 1. The molecule has 2 aliphatic carbocycles. The summed E-state index contributed by atoms with van der Waals surface area (Å²) in [7, 11) is -2.11. The molecule has 0 aliphatic heterocycles. The number of fused-ring (bicyclic) bond motifs is 1. The van der Waals surface area contributed by atoms with E-state index in [1.807, 2.05) is 12.1 Å². The molecule has 5 rings (SSSR count). The molecule has 0 amide bonds. The standard InChI is InChI=1S/C39H42O3Si/c1-8-41-37(40)30-20-17-28(18-21-30)15-16-29-19-22-35-34(26-29)33(23-25-38(35,2)3)31-12-11-13-32(27-31)42-43(6,7)36-14-9-10-24-39(36,4)5/h9-14,17-24,26-27,36H,8,25H2,1-7H3. The third-order valence-electron chi connectivity index (χ3n) is 8.62. The van der Waals surface area contributed by atoms with E-state index in [9.17, 15) is 4.79 Å². The first-order valence-electron chi connectivity index (χ1n) is 15.2. The van der Waals surface area contributed by atoms with Crippen LogP contribution in [0.1, 0.15) is 79.2 Å². The summed E-state index contributed by atoms with van der Waals surface area (Å²) < 4.78 is 11.9. The minimum Gasteiger partial charge on any atom is -0.543 e. The summed E-state index contributed by atoms with van der Waals surface area (Å²) >= 11 is 0. The second-order valence-electron chi connectivity index (χ2n) is 13.3. The van der Waals surface area contributed by atoms with E-state index in [0.717, 1.165) is 28.9 Å². The Hall–Kier alpha value is -4.07. The summed E-state index contributed by atoms with van der Waals surface area (Å²) in [5.74, 6) is 7.23. The molecular formula is C39H42O3Si. The average Bonchev–Trinajstić information content (AvgIpc) is 2.96. The van der Waals surface area contributed by atoms with Crippen molar-refractivity contribution in [1.29, 1.82) is 0 Å². The molecule has 4 heteroatoms. The first kappa shape index (κ1) is 30.4. The van der Waals surface area contributed by atoms with Crippen LogP contribution in [0, 0.1) is 17.3 Å². The highest BCUT2D eigenvalue weighted by Gasteiger charge is 2.43. The molecule has 220 valence electrons. The highest BCUT2D eigenvalue weighted by Crippen LogP contribution is 2.45. The first-order chi connectivity index (χ1) is 20.4. The van der Waals surface area contributed by atoms with Gasteiger partial charge in [-0.25, -0.2) is 4.79 Å². The van der Waals surface area contributed by atoms with E-state index in [1.165, 1.54) is 16.7 Å². The summed E-state index contributed by atoms with van der Waals surface area (Å²) in [5.41, 5.74) is 7.76. The fourth-order valence-corrected chi connectivity index (χ4v) is 9.71. The lowest BCUT2D eigenvalue weighted by Gasteiger charge is -2.41. The molecule has 0 heterocycles. The zero-order valence-electron chi connectivity index (χ0n) is 26.5. The van der Waals surface area contributed by atoms with Crippen molar-refractivity contribution in [2.24, 2.45) is 5.41 Å². The number of benzene rings is 3. The van der Waals surface area contributed by atoms with Gasteiger partial charge in [0.05, 0.1) is 12.2 Å². The van der Waals surface area contributed by atoms with Crippen molar-refractivity contribution in [1.82, 2.24) is 0 Å². The molecule has 0 radical (unpaired) electrons. The van der Waals surface area contributed by atoms with Crippen LogP contribution < -0.4 is 4.43 Å². The van der Waals surface area contributed by atoms with Gasteiger partial charge in [0.1, 0.15) is 5.75 Å². The molecule has 0 saturated carbocycles. The topological polar surface area (TPSA) is 35.5 Å². The van der Waals surface area contributed by atoms with Crippen molar-refractivity contribution >= 4 is 19.9 Å². The van der Waals surface area contributed by atoms with Crippen LogP contribution in [-0.4, -0.2) is 20.9 Å². The van der Waals surface area contributed by atoms with Gasteiger partial charge in [-0.3, -0.25) is 0 Å². The summed E-state index contributed by atoms with van der Waals surface area (Å²) in [4.78, 5) is 12.0. The minimum absolute atomic E-state index is 0.0309. The number of rotatable bonds is 6. The van der Waals surface area contributed by atoms with Gasteiger partial charge in [0.15, 0.2) is 0 Å². The molecule has 0 saturated heterocycles. The monoisotopic (exact) mass is 586 g/mol. The highest BCUT2D eigenvalue weighted by molar-refractivity contribution is 6.74. The maximum atomic E-state index is 12.0. The molecular weight excluding hydrogens is 545 g/mol. The lowest BCUT2D eigenvalue weighted by molar-refractivity contribution is 0.0526. The van der Waals surface area contributed by atoms with E-state index in [2.05, 4.69) is 125 Å². The molecule has 1 atom stereocenters. The Kier molecular flexibility index (Phi) is 8.41. The molecule has 0 aromatic heterocycles. The second kappa shape index (κ2) is 11.9. The Morgan fingerprint density at radius 1 is 0.930 bits per heavy atom. The van der Waals surface area contributed by atoms with Gasteiger partial charge < -0.3 is 9.16 Å². The molecule has 3 aromatic rings. The smallest absolute Gasteiger partial charge is 0.338 e. The molecule has 2 aliphatic rings. The van der Waals surface area contributed by atoms with Crippen LogP contribution in [0.15, 0.2) is 97.1 Å². The summed E-state index contributed by atoms with van der Waals surface area (Å²) in [6.45, 7) is 16.0. The predicted octanol–water partition coefficient (Wildman–Crippen LogP) is 9.48. The maximum absolute atomic E-state index is 12.0. The molecule has 3 aromatic carbocycles. The van der Waals surface area contributed by atoms with E-state index in [0.29, 0.717) is 17.7 Å². The van der Waals surface area contributed by atoms with Crippen LogP contribution >= 0.6 is 0 Å². The summed E-state index contributed by atoms with van der Waals surface area (Å²) in [6, 6.07) is 22.4. The fraction of sp³-hybridized carbons (Fsp3) is 0.308. The van der Waals surface area contributed by atoms with Crippen LogP contribution in [0.2, 0.25) is 18.6 Å². The molecule has 0 N–H and O–H groups in total. The number of ether oxygens (including phenoxy) is 1. The van der Waals surface area contributed by atoms with E-state index < -0.39 is 8.32 Å². The van der Waals surface area contributed by atoms with Crippen LogP contribution in [0.25, 0.3) is 5.57 Å². The zero-order valence-corrected chi connectivity index (χ0v) is 27.5. The van der Waals surface area contributed by atoms with Gasteiger partial charge in [-0.15, -0.1) is 0 Å². The molecule has 1 unspecified atom stereocenters. The Balaban J connectivity index is 1.43. The Morgan fingerprint density at radius 3 is 2.37 bits per heavy atom. The quantitative estimate of drug-likeness (QED) is 0.164. The number of hydrogen-bond acceptors (Lipinski definition) is 3. The van der Waals surface area contributed by atoms with E-state index in [4.69, 9.17) is 9.16 Å².